The van der Waals surface area contributed by atoms with Gasteiger partial charge >= 0.3 is 5.97 Å². The topological polar surface area (TPSA) is 101 Å². The summed E-state index contributed by atoms with van der Waals surface area (Å²) in [6, 6.07) is 5.97. The van der Waals surface area contributed by atoms with Crippen LogP contribution >= 0.6 is 0 Å². The van der Waals surface area contributed by atoms with Crippen molar-refractivity contribution in [3.05, 3.63) is 58.8 Å². The minimum Gasteiger partial charge on any atom is -0.480 e. The summed E-state index contributed by atoms with van der Waals surface area (Å²) in [6.07, 6.45) is 5.96. The second-order valence-electron chi connectivity index (χ2n) is 9.41. The van der Waals surface area contributed by atoms with Crippen molar-refractivity contribution < 1.29 is 28.2 Å². The maximum absolute atomic E-state index is 13.3. The van der Waals surface area contributed by atoms with Gasteiger partial charge in [-0.3, -0.25) is 4.79 Å². The molecule has 0 bridgehead atoms. The van der Waals surface area contributed by atoms with Crippen molar-refractivity contribution in [3.63, 3.8) is 0 Å². The number of fused-ring (bicyclic) bond motifs is 1. The van der Waals surface area contributed by atoms with Crippen molar-refractivity contribution >= 4 is 17.7 Å². The molecule has 1 aliphatic carbocycles. The van der Waals surface area contributed by atoms with Crippen molar-refractivity contribution in [3.8, 4) is 0 Å². The number of aromatic nitrogens is 1. The number of pyridine rings is 1. The SMILES string of the molecule is O=C(Cc1cc(F)cc(F)c1)N[C@@H](CCO[C@H]1C[C@@H](CCc2ccc3c(n2)NCCC3)C1)C(=O)O. The molecule has 1 atom stereocenters. The number of hydrogen-bond donors (Lipinski definition) is 3. The van der Waals surface area contributed by atoms with Crippen LogP contribution in [0.4, 0.5) is 14.6 Å². The number of aliphatic carboxylic acids is 1. The van der Waals surface area contributed by atoms with Crippen molar-refractivity contribution in [2.75, 3.05) is 18.5 Å². The van der Waals surface area contributed by atoms with E-state index in [0.29, 0.717) is 12.0 Å². The molecule has 0 spiro atoms. The number of nitrogens with one attached hydrogen (secondary N) is 2. The number of nitrogens with zero attached hydrogens (tertiary/aromatic N) is 1. The van der Waals surface area contributed by atoms with Gasteiger partial charge in [0, 0.05) is 31.3 Å². The Labute approximate surface area is 203 Å². The maximum atomic E-state index is 13.3. The second kappa shape index (κ2) is 11.6. The fourth-order valence-corrected chi connectivity index (χ4v) is 4.66. The summed E-state index contributed by atoms with van der Waals surface area (Å²) in [6.45, 7) is 1.19. The zero-order chi connectivity index (χ0) is 24.8. The van der Waals surface area contributed by atoms with Gasteiger partial charge in [-0.1, -0.05) is 6.07 Å². The third kappa shape index (κ3) is 7.21. The number of carboxylic acids is 1. The van der Waals surface area contributed by atoms with Crippen molar-refractivity contribution in [1.82, 2.24) is 10.3 Å². The monoisotopic (exact) mass is 487 g/mol. The summed E-state index contributed by atoms with van der Waals surface area (Å²) in [4.78, 5) is 28.4. The van der Waals surface area contributed by atoms with Crippen LogP contribution in [-0.2, 0) is 33.6 Å². The molecule has 1 saturated carbocycles. The van der Waals surface area contributed by atoms with Crippen LogP contribution in [0.15, 0.2) is 30.3 Å². The first-order valence-corrected chi connectivity index (χ1v) is 12.2. The van der Waals surface area contributed by atoms with E-state index in [0.717, 1.165) is 68.7 Å². The first kappa shape index (κ1) is 25.0. The first-order valence-electron chi connectivity index (χ1n) is 12.2. The highest BCUT2D eigenvalue weighted by molar-refractivity contribution is 5.84. The number of halogens is 2. The van der Waals surface area contributed by atoms with Crippen LogP contribution in [0.3, 0.4) is 0 Å². The molecule has 2 aliphatic rings. The van der Waals surface area contributed by atoms with Crippen molar-refractivity contribution in [2.24, 2.45) is 5.92 Å². The van der Waals surface area contributed by atoms with Gasteiger partial charge in [-0.05, 0) is 73.8 Å². The van der Waals surface area contributed by atoms with E-state index in [-0.39, 0.29) is 31.1 Å². The molecule has 2 aromatic rings. The Balaban J connectivity index is 1.13. The Morgan fingerprint density at radius 2 is 1.97 bits per heavy atom. The molecule has 0 unspecified atom stereocenters. The predicted octanol–water partition coefficient (Wildman–Crippen LogP) is 3.65. The molecular formula is C26H31F2N3O4. The van der Waals surface area contributed by atoms with Gasteiger partial charge in [-0.25, -0.2) is 18.6 Å². The third-order valence-electron chi connectivity index (χ3n) is 6.63. The zero-order valence-electron chi connectivity index (χ0n) is 19.6. The van der Waals surface area contributed by atoms with Crippen LogP contribution in [-0.4, -0.2) is 47.3 Å². The average molecular weight is 488 g/mol. The molecule has 2 heterocycles. The van der Waals surface area contributed by atoms with Crippen LogP contribution in [0.25, 0.3) is 0 Å². The minimum atomic E-state index is -1.18. The lowest BCUT2D eigenvalue weighted by Crippen LogP contribution is -2.43. The summed E-state index contributed by atoms with van der Waals surface area (Å²) in [7, 11) is 0. The highest BCUT2D eigenvalue weighted by Gasteiger charge is 2.30. The van der Waals surface area contributed by atoms with Gasteiger partial charge in [0.2, 0.25) is 5.91 Å². The number of aryl methyl sites for hydroxylation is 2. The quantitative estimate of drug-likeness (QED) is 0.447. The number of anilines is 1. The van der Waals surface area contributed by atoms with Crippen LogP contribution in [0, 0.1) is 17.6 Å². The van der Waals surface area contributed by atoms with E-state index in [9.17, 15) is 23.5 Å². The molecule has 188 valence electrons. The summed E-state index contributed by atoms with van der Waals surface area (Å²) in [5.74, 6) is -1.78. The van der Waals surface area contributed by atoms with Gasteiger partial charge in [0.25, 0.3) is 0 Å². The Kier molecular flexibility index (Phi) is 8.28. The molecule has 1 aromatic heterocycles. The van der Waals surface area contributed by atoms with Crippen LogP contribution < -0.4 is 10.6 Å². The minimum absolute atomic E-state index is 0.0959. The molecule has 3 N–H and O–H groups in total. The van der Waals surface area contributed by atoms with Crippen molar-refractivity contribution in [2.45, 2.75) is 63.5 Å². The fraction of sp³-hybridized carbons (Fsp3) is 0.500. The number of rotatable bonds is 11. The van der Waals surface area contributed by atoms with E-state index in [1.807, 2.05) is 0 Å². The van der Waals surface area contributed by atoms with Gasteiger partial charge < -0.3 is 20.5 Å². The van der Waals surface area contributed by atoms with E-state index in [4.69, 9.17) is 9.72 Å². The lowest BCUT2D eigenvalue weighted by Gasteiger charge is -2.35. The number of hydrogen-bond acceptors (Lipinski definition) is 5. The molecule has 1 amide bonds. The maximum Gasteiger partial charge on any atom is 0.326 e. The highest BCUT2D eigenvalue weighted by Crippen LogP contribution is 2.34. The van der Waals surface area contributed by atoms with Gasteiger partial charge in [-0.15, -0.1) is 0 Å². The molecular weight excluding hydrogens is 456 g/mol. The fourth-order valence-electron chi connectivity index (χ4n) is 4.66. The molecule has 4 rings (SSSR count). The number of carbonyl (C=O) groups is 2. The molecule has 35 heavy (non-hydrogen) atoms. The van der Waals surface area contributed by atoms with E-state index in [1.54, 1.807) is 0 Å². The lowest BCUT2D eigenvalue weighted by atomic mass is 9.79. The van der Waals surface area contributed by atoms with E-state index in [1.165, 1.54) is 5.56 Å². The average Bonchev–Trinajstić information content (AvgIpc) is 2.78. The molecule has 1 fully saturated rings. The highest BCUT2D eigenvalue weighted by atomic mass is 19.1. The zero-order valence-corrected chi connectivity index (χ0v) is 19.6. The second-order valence-corrected chi connectivity index (χ2v) is 9.41. The van der Waals surface area contributed by atoms with E-state index >= 15 is 0 Å². The first-order chi connectivity index (χ1) is 16.9. The number of ether oxygens (including phenoxy) is 1. The number of amides is 1. The Morgan fingerprint density at radius 1 is 1.20 bits per heavy atom. The van der Waals surface area contributed by atoms with Crippen LogP contribution in [0.5, 0.6) is 0 Å². The number of carboxylic acid groups (broad SMARTS) is 1. The molecule has 1 aromatic carbocycles. The normalized spacial score (nSPS) is 19.7. The summed E-state index contributed by atoms with van der Waals surface area (Å²) in [5.41, 5.74) is 2.53. The summed E-state index contributed by atoms with van der Waals surface area (Å²) in [5, 5.41) is 15.2. The Hall–Kier alpha value is -3.07. The Morgan fingerprint density at radius 3 is 2.71 bits per heavy atom. The number of benzene rings is 1. The van der Waals surface area contributed by atoms with Gasteiger partial charge in [-0.2, -0.15) is 0 Å². The van der Waals surface area contributed by atoms with Crippen LogP contribution in [0.2, 0.25) is 0 Å². The molecule has 9 heteroatoms. The van der Waals surface area contributed by atoms with Gasteiger partial charge in [0.05, 0.1) is 12.5 Å². The van der Waals surface area contributed by atoms with E-state index in [2.05, 4.69) is 22.8 Å². The molecule has 1 aliphatic heterocycles. The molecule has 0 radical (unpaired) electrons. The Bertz CT molecular complexity index is 1040. The smallest absolute Gasteiger partial charge is 0.326 e. The third-order valence-corrected chi connectivity index (χ3v) is 6.63. The van der Waals surface area contributed by atoms with Crippen molar-refractivity contribution in [1.29, 1.82) is 0 Å². The molecule has 7 nitrogen and oxygen atoms in total. The lowest BCUT2D eigenvalue weighted by molar-refractivity contribution is -0.142. The largest absolute Gasteiger partial charge is 0.480 e. The van der Waals surface area contributed by atoms with Gasteiger partial charge in [0.1, 0.15) is 23.5 Å². The standard InChI is InChI=1S/C26H31F2N3O4/c27-19-10-17(11-20(28)15-19)14-24(32)31-23(26(33)34)7-9-35-22-12-16(13-22)3-5-21-6-4-18-2-1-8-29-25(18)30-21/h4,6,10-11,15-16,22-23H,1-3,5,7-9,12-14H2,(H,29,30)(H,31,32)(H,33,34)/t16-,22+,23-/m0/s1. The summed E-state index contributed by atoms with van der Waals surface area (Å²) < 4.78 is 32.4. The van der Waals surface area contributed by atoms with E-state index < -0.39 is 29.6 Å². The predicted molar refractivity (Wildman–Crippen MR) is 126 cm³/mol. The van der Waals surface area contributed by atoms with Gasteiger partial charge in [0.15, 0.2) is 0 Å². The van der Waals surface area contributed by atoms with Crippen LogP contribution in [0.1, 0.15) is 48.9 Å². The number of carbonyl (C=O) groups excluding carboxylic acids is 1. The molecule has 0 saturated heterocycles. The summed E-state index contributed by atoms with van der Waals surface area (Å²) >= 11 is 0.